The normalized spacial score (nSPS) is 20.2. The first kappa shape index (κ1) is 14.9. The van der Waals surface area contributed by atoms with E-state index >= 15 is 0 Å². The van der Waals surface area contributed by atoms with Crippen LogP contribution in [-0.4, -0.2) is 15.0 Å². The number of benzene rings is 1. The van der Waals surface area contributed by atoms with Crippen molar-refractivity contribution in [3.63, 3.8) is 0 Å². The van der Waals surface area contributed by atoms with Crippen LogP contribution in [0.1, 0.15) is 29.1 Å². The topological polar surface area (TPSA) is 41.3 Å². The van der Waals surface area contributed by atoms with Crippen molar-refractivity contribution in [1.29, 1.82) is 0 Å². The summed E-state index contributed by atoms with van der Waals surface area (Å²) in [7, 11) is 0. The summed E-state index contributed by atoms with van der Waals surface area (Å²) in [6.07, 6.45) is 3.51. The van der Waals surface area contributed by atoms with Crippen LogP contribution in [0, 0.1) is 0 Å². The molecule has 2 atom stereocenters. The largest absolute Gasteiger partial charge is 0.467 e. The lowest BCUT2D eigenvalue weighted by Crippen LogP contribution is -2.28. The maximum Gasteiger partial charge on any atom is 0.170 e. The molecule has 24 heavy (non-hydrogen) atoms. The molecule has 3 aromatic rings. The first-order valence-corrected chi connectivity index (χ1v) is 8.29. The van der Waals surface area contributed by atoms with Crippen molar-refractivity contribution in [3.8, 4) is 0 Å². The second-order valence-electron chi connectivity index (χ2n) is 5.76. The third-order valence-electron chi connectivity index (χ3n) is 4.23. The molecule has 1 N–H and O–H groups in total. The van der Waals surface area contributed by atoms with Crippen molar-refractivity contribution in [2.75, 3.05) is 0 Å². The van der Waals surface area contributed by atoms with Gasteiger partial charge in [-0.3, -0.25) is 4.98 Å². The quantitative estimate of drug-likeness (QED) is 0.734. The van der Waals surface area contributed by atoms with Crippen molar-refractivity contribution in [2.24, 2.45) is 0 Å². The molecule has 0 spiro atoms. The van der Waals surface area contributed by atoms with Crippen molar-refractivity contribution >= 4 is 17.3 Å². The predicted molar refractivity (Wildman–Crippen MR) is 96.1 cm³/mol. The zero-order valence-electron chi connectivity index (χ0n) is 13.0. The van der Waals surface area contributed by atoms with Gasteiger partial charge >= 0.3 is 0 Å². The van der Waals surface area contributed by atoms with E-state index in [4.69, 9.17) is 16.6 Å². The Morgan fingerprint density at radius 2 is 1.88 bits per heavy atom. The highest BCUT2D eigenvalue weighted by Gasteiger charge is 2.41. The van der Waals surface area contributed by atoms with Crippen LogP contribution in [-0.2, 0) is 6.54 Å². The number of nitrogens with zero attached hydrogens (tertiary/aromatic N) is 2. The zero-order valence-corrected chi connectivity index (χ0v) is 13.8. The van der Waals surface area contributed by atoms with Crippen LogP contribution < -0.4 is 5.32 Å². The van der Waals surface area contributed by atoms with Crippen LogP contribution in [0.2, 0.25) is 0 Å². The SMILES string of the molecule is S=C1NC(c2ccccn2)C(c2ccco2)N1Cc1ccccc1. The van der Waals surface area contributed by atoms with Gasteiger partial charge in [0.2, 0.25) is 0 Å². The average Bonchev–Trinajstić information content (AvgIpc) is 3.25. The van der Waals surface area contributed by atoms with Crippen LogP contribution in [0.5, 0.6) is 0 Å². The molecule has 1 saturated heterocycles. The summed E-state index contributed by atoms with van der Waals surface area (Å²) in [5.74, 6) is 0.883. The molecule has 4 rings (SSSR count). The van der Waals surface area contributed by atoms with E-state index in [9.17, 15) is 0 Å². The zero-order chi connectivity index (χ0) is 16.4. The van der Waals surface area contributed by atoms with Gasteiger partial charge in [-0.05, 0) is 42.0 Å². The molecule has 3 heterocycles. The maximum absolute atomic E-state index is 5.72. The summed E-state index contributed by atoms with van der Waals surface area (Å²) in [5, 5.41) is 4.13. The third kappa shape index (κ3) is 2.78. The van der Waals surface area contributed by atoms with Crippen LogP contribution in [0.3, 0.4) is 0 Å². The molecule has 1 aliphatic rings. The summed E-state index contributed by atoms with van der Waals surface area (Å²) in [6, 6.07) is 20.1. The summed E-state index contributed by atoms with van der Waals surface area (Å²) in [5.41, 5.74) is 2.16. The van der Waals surface area contributed by atoms with Crippen LogP contribution in [0.4, 0.5) is 0 Å². The molecule has 5 heteroatoms. The summed E-state index contributed by atoms with van der Waals surface area (Å²) >= 11 is 5.61. The number of pyridine rings is 1. The van der Waals surface area contributed by atoms with E-state index in [1.165, 1.54) is 5.56 Å². The minimum atomic E-state index is -0.0337. The Balaban J connectivity index is 1.71. The van der Waals surface area contributed by atoms with E-state index in [1.807, 2.05) is 48.5 Å². The second-order valence-corrected chi connectivity index (χ2v) is 6.14. The minimum Gasteiger partial charge on any atom is -0.467 e. The lowest BCUT2D eigenvalue weighted by atomic mass is 10.0. The summed E-state index contributed by atoms with van der Waals surface area (Å²) in [6.45, 7) is 0.724. The van der Waals surface area contributed by atoms with Crippen molar-refractivity contribution in [1.82, 2.24) is 15.2 Å². The van der Waals surface area contributed by atoms with E-state index in [2.05, 4.69) is 27.3 Å². The Kier molecular flexibility index (Phi) is 4.01. The predicted octanol–water partition coefficient (Wildman–Crippen LogP) is 3.85. The monoisotopic (exact) mass is 335 g/mol. The highest BCUT2D eigenvalue weighted by atomic mass is 32.1. The lowest BCUT2D eigenvalue weighted by molar-refractivity contribution is 0.267. The van der Waals surface area contributed by atoms with E-state index < -0.39 is 0 Å². The molecule has 0 saturated carbocycles. The fraction of sp³-hybridized carbons (Fsp3) is 0.158. The van der Waals surface area contributed by atoms with E-state index in [0.717, 1.165) is 23.1 Å². The van der Waals surface area contributed by atoms with E-state index in [1.54, 1.807) is 12.5 Å². The van der Waals surface area contributed by atoms with Gasteiger partial charge in [0.15, 0.2) is 5.11 Å². The number of hydrogen-bond acceptors (Lipinski definition) is 3. The van der Waals surface area contributed by atoms with E-state index in [0.29, 0.717) is 0 Å². The molecule has 2 aromatic heterocycles. The van der Waals surface area contributed by atoms with E-state index in [-0.39, 0.29) is 12.1 Å². The molecule has 0 aliphatic carbocycles. The fourth-order valence-corrected chi connectivity index (χ4v) is 3.43. The molecule has 0 bridgehead atoms. The Morgan fingerprint density at radius 1 is 1.04 bits per heavy atom. The van der Waals surface area contributed by atoms with Gasteiger partial charge in [0.25, 0.3) is 0 Å². The van der Waals surface area contributed by atoms with Gasteiger partial charge in [-0.25, -0.2) is 0 Å². The van der Waals surface area contributed by atoms with Gasteiger partial charge in [-0.15, -0.1) is 0 Å². The Labute approximate surface area is 146 Å². The molecule has 0 radical (unpaired) electrons. The van der Waals surface area contributed by atoms with Gasteiger partial charge in [-0.1, -0.05) is 36.4 Å². The van der Waals surface area contributed by atoms with Crippen LogP contribution in [0.25, 0.3) is 0 Å². The Bertz CT molecular complexity index is 805. The first-order valence-electron chi connectivity index (χ1n) is 7.88. The number of nitrogens with one attached hydrogen (secondary N) is 1. The minimum absolute atomic E-state index is 0.0254. The van der Waals surface area contributed by atoms with Crippen molar-refractivity contribution in [2.45, 2.75) is 18.6 Å². The van der Waals surface area contributed by atoms with Gasteiger partial charge in [0, 0.05) is 12.7 Å². The van der Waals surface area contributed by atoms with Crippen molar-refractivity contribution in [3.05, 3.63) is 90.1 Å². The molecule has 4 nitrogen and oxygen atoms in total. The van der Waals surface area contributed by atoms with Gasteiger partial charge in [0.1, 0.15) is 11.8 Å². The molecule has 1 aliphatic heterocycles. The molecule has 1 aromatic carbocycles. The smallest absolute Gasteiger partial charge is 0.170 e. The molecule has 120 valence electrons. The molecule has 0 amide bonds. The third-order valence-corrected chi connectivity index (χ3v) is 4.58. The van der Waals surface area contributed by atoms with Gasteiger partial charge < -0.3 is 14.6 Å². The molecular formula is C19H17N3OS. The Hall–Kier alpha value is -2.66. The van der Waals surface area contributed by atoms with Gasteiger partial charge in [0.05, 0.1) is 18.0 Å². The molecule has 2 unspecified atom stereocenters. The van der Waals surface area contributed by atoms with Crippen LogP contribution in [0.15, 0.2) is 77.5 Å². The fourth-order valence-electron chi connectivity index (χ4n) is 3.12. The number of thiocarbonyl (C=S) groups is 1. The first-order chi connectivity index (χ1) is 11.8. The highest BCUT2D eigenvalue weighted by Crippen LogP contribution is 2.39. The standard InChI is InChI=1S/C19H17N3OS/c24-19-21-17(15-9-4-5-11-20-15)18(16-10-6-12-23-16)22(19)13-14-7-2-1-3-8-14/h1-12,17-18H,13H2,(H,21,24). The summed E-state index contributed by atoms with van der Waals surface area (Å²) < 4.78 is 5.72. The Morgan fingerprint density at radius 3 is 2.58 bits per heavy atom. The maximum atomic E-state index is 5.72. The average molecular weight is 335 g/mol. The van der Waals surface area contributed by atoms with Crippen molar-refractivity contribution < 1.29 is 4.42 Å². The number of rotatable bonds is 4. The molecule has 1 fully saturated rings. The van der Waals surface area contributed by atoms with Gasteiger partial charge in [-0.2, -0.15) is 0 Å². The number of aromatic nitrogens is 1. The lowest BCUT2D eigenvalue weighted by Gasteiger charge is -2.26. The van der Waals surface area contributed by atoms with Crippen LogP contribution >= 0.6 is 12.2 Å². The molecular weight excluding hydrogens is 318 g/mol. The number of furan rings is 1. The summed E-state index contributed by atoms with van der Waals surface area (Å²) in [4.78, 5) is 6.68. The number of hydrogen-bond donors (Lipinski definition) is 1. The second kappa shape index (κ2) is 6.45. The highest BCUT2D eigenvalue weighted by molar-refractivity contribution is 7.80.